The predicted octanol–water partition coefficient (Wildman–Crippen LogP) is 20.7. The molecule has 11 aromatic carbocycles. The summed E-state index contributed by atoms with van der Waals surface area (Å²) in [6.45, 7) is 21.2. The van der Waals surface area contributed by atoms with Gasteiger partial charge >= 0.3 is 0 Å². The van der Waals surface area contributed by atoms with Crippen molar-refractivity contribution in [2.75, 3.05) is 0 Å². The summed E-state index contributed by atoms with van der Waals surface area (Å²) >= 11 is 1.77. The molecule has 0 amide bonds. The van der Waals surface area contributed by atoms with E-state index in [1.54, 1.807) is 11.3 Å². The molecular weight excluding hydrogens is 1020 g/mol. The van der Waals surface area contributed by atoms with Gasteiger partial charge in [-0.3, -0.25) is 0 Å². The van der Waals surface area contributed by atoms with Crippen LogP contribution in [0.2, 0.25) is 0 Å². The second-order valence-electron chi connectivity index (χ2n) is 23.1. The minimum Gasteiger partial charge on any atom is -0.454 e. The van der Waals surface area contributed by atoms with Gasteiger partial charge in [0.2, 0.25) is 5.69 Å². The standard InChI is InChI=1S/C74H48N6OS/c1-41-37-54-51-33-35-53-49-24-12-18-30-64(49)82-73(53)69(51)80(62(54)38-42(41)2)66-56(40-75)67(77-57-25-13-7-19-44(57)45-20-8-14-26-58(45)77)71(70(65(66)76-6)78-59-27-15-9-21-46(59)47-22-10-16-28-60(47)78)79-61-36-31-43(74(3,4)5)39-55(61)50-32-34-52-48-23-11-17-29-63(48)81-72(52)68(50)79/h7-39H,1-5H3. The average Bonchev–Trinajstić information content (AvgIpc) is 2.12. The molecule has 0 saturated heterocycles. The van der Waals surface area contributed by atoms with Crippen LogP contribution in [0.1, 0.15) is 43.0 Å². The van der Waals surface area contributed by atoms with Crippen molar-refractivity contribution < 1.29 is 4.42 Å². The van der Waals surface area contributed by atoms with Crippen LogP contribution in [0.3, 0.4) is 0 Å². The number of hydrogen-bond donors (Lipinski definition) is 0. The Morgan fingerprint density at radius 1 is 0.439 bits per heavy atom. The average molecular weight is 1070 g/mol. The molecule has 0 radical (unpaired) electrons. The molecule has 386 valence electrons. The van der Waals surface area contributed by atoms with Crippen LogP contribution in [0.4, 0.5) is 5.69 Å². The Kier molecular flexibility index (Phi) is 9.42. The van der Waals surface area contributed by atoms with Gasteiger partial charge < -0.3 is 22.7 Å². The number of aryl methyl sites for hydroxylation is 2. The lowest BCUT2D eigenvalue weighted by molar-refractivity contribution is 0.591. The molecule has 6 aromatic heterocycles. The first-order chi connectivity index (χ1) is 40.1. The van der Waals surface area contributed by atoms with Crippen molar-refractivity contribution in [1.29, 1.82) is 5.26 Å². The van der Waals surface area contributed by atoms with E-state index in [1.807, 2.05) is 12.1 Å². The lowest BCUT2D eigenvalue weighted by Gasteiger charge is -2.27. The third kappa shape index (κ3) is 6.06. The SMILES string of the molecule is [C-]#[N+]c1c(-n2c3ccccc3c3ccccc32)c(-n2c3ccc(C(C)(C)C)cc3c3ccc4c5ccccc5oc4c32)c(-n2c3ccccc3c3ccccc32)c(C#N)c1-n1c2cc(C)c(C)cc2c2ccc3c4ccccc4sc3c21. The molecule has 82 heavy (non-hydrogen) atoms. The molecule has 7 nitrogen and oxygen atoms in total. The third-order valence-corrected chi connectivity index (χ3v) is 18.9. The molecule has 0 aliphatic rings. The van der Waals surface area contributed by atoms with Crippen LogP contribution in [0.15, 0.2) is 205 Å². The molecule has 0 saturated carbocycles. The highest BCUT2D eigenvalue weighted by atomic mass is 32.1. The number of fused-ring (bicyclic) bond motifs is 20. The van der Waals surface area contributed by atoms with Crippen molar-refractivity contribution in [2.24, 2.45) is 0 Å². The highest BCUT2D eigenvalue weighted by Crippen LogP contribution is 2.54. The van der Waals surface area contributed by atoms with Gasteiger partial charge in [-0.2, -0.15) is 5.26 Å². The van der Waals surface area contributed by atoms with E-state index in [1.165, 1.54) is 21.2 Å². The summed E-state index contributed by atoms with van der Waals surface area (Å²) in [6, 6.07) is 74.5. The molecule has 0 aliphatic heterocycles. The molecular formula is C74H48N6OS. The van der Waals surface area contributed by atoms with E-state index >= 15 is 0 Å². The van der Waals surface area contributed by atoms with Crippen LogP contribution < -0.4 is 0 Å². The van der Waals surface area contributed by atoms with Gasteiger partial charge in [0.1, 0.15) is 11.7 Å². The molecule has 0 atom stereocenters. The zero-order valence-electron chi connectivity index (χ0n) is 45.6. The van der Waals surface area contributed by atoms with Gasteiger partial charge in [0, 0.05) is 69.3 Å². The molecule has 0 bridgehead atoms. The number of hydrogen-bond acceptors (Lipinski definition) is 3. The van der Waals surface area contributed by atoms with Gasteiger partial charge in [0.05, 0.1) is 83.7 Å². The molecule has 6 heterocycles. The monoisotopic (exact) mass is 1070 g/mol. The van der Waals surface area contributed by atoms with Gasteiger partial charge in [-0.1, -0.05) is 154 Å². The van der Waals surface area contributed by atoms with Gasteiger partial charge in [0.15, 0.2) is 5.58 Å². The fraction of sp³-hybridized carbons (Fsp3) is 0.0811. The summed E-state index contributed by atoms with van der Waals surface area (Å²) in [5, 5.41) is 25.6. The second kappa shape index (κ2) is 16.6. The van der Waals surface area contributed by atoms with Gasteiger partial charge in [0.25, 0.3) is 0 Å². The van der Waals surface area contributed by atoms with Crippen LogP contribution in [-0.4, -0.2) is 18.3 Å². The largest absolute Gasteiger partial charge is 0.454 e. The predicted molar refractivity (Wildman–Crippen MR) is 343 cm³/mol. The van der Waals surface area contributed by atoms with Crippen LogP contribution in [0.25, 0.3) is 157 Å². The summed E-state index contributed by atoms with van der Waals surface area (Å²) in [7, 11) is 0. The first-order valence-electron chi connectivity index (χ1n) is 27.8. The maximum absolute atomic E-state index is 12.9. The maximum atomic E-state index is 12.9. The molecule has 17 rings (SSSR count). The Morgan fingerprint density at radius 3 is 1.56 bits per heavy atom. The number of benzene rings is 11. The molecule has 0 aliphatic carbocycles. The number of thiophene rings is 1. The van der Waals surface area contributed by atoms with Gasteiger partial charge in [-0.25, -0.2) is 4.85 Å². The number of rotatable bonds is 4. The van der Waals surface area contributed by atoms with E-state index in [-0.39, 0.29) is 5.41 Å². The Morgan fingerprint density at radius 2 is 0.939 bits per heavy atom. The molecule has 0 fully saturated rings. The van der Waals surface area contributed by atoms with E-state index in [9.17, 15) is 11.8 Å². The molecule has 0 unspecified atom stereocenters. The third-order valence-electron chi connectivity index (χ3n) is 17.7. The number of aromatic nitrogens is 4. The zero-order valence-corrected chi connectivity index (χ0v) is 46.4. The number of nitrogens with zero attached hydrogens (tertiary/aromatic N) is 6. The van der Waals surface area contributed by atoms with Crippen LogP contribution in [-0.2, 0) is 5.41 Å². The van der Waals surface area contributed by atoms with Crippen LogP contribution in [0.5, 0.6) is 0 Å². The molecule has 8 heteroatoms. The summed E-state index contributed by atoms with van der Waals surface area (Å²) in [6.07, 6.45) is 0. The Hall–Kier alpha value is -10.4. The lowest BCUT2D eigenvalue weighted by atomic mass is 9.86. The lowest BCUT2D eigenvalue weighted by Crippen LogP contribution is -2.15. The number of para-hydroxylation sites is 5. The number of nitriles is 1. The zero-order chi connectivity index (χ0) is 55.0. The highest BCUT2D eigenvalue weighted by molar-refractivity contribution is 7.26. The first kappa shape index (κ1) is 46.5. The molecule has 17 aromatic rings. The molecule has 0 N–H and O–H groups in total. The van der Waals surface area contributed by atoms with E-state index in [0.717, 1.165) is 125 Å². The maximum Gasteiger partial charge on any atom is 0.237 e. The van der Waals surface area contributed by atoms with Crippen molar-refractivity contribution in [2.45, 2.75) is 40.0 Å². The van der Waals surface area contributed by atoms with E-state index in [2.05, 4.69) is 247 Å². The summed E-state index contributed by atoms with van der Waals surface area (Å²) in [4.78, 5) is 4.92. The summed E-state index contributed by atoms with van der Waals surface area (Å²) in [5.41, 5.74) is 15.4. The van der Waals surface area contributed by atoms with Crippen molar-refractivity contribution in [1.82, 2.24) is 18.3 Å². The Labute approximate surface area is 474 Å². The Balaban J connectivity index is 1.22. The van der Waals surface area contributed by atoms with E-state index in [4.69, 9.17) is 9.26 Å². The normalized spacial score (nSPS) is 12.4. The second-order valence-corrected chi connectivity index (χ2v) is 24.1. The van der Waals surface area contributed by atoms with Crippen molar-refractivity contribution in [3.63, 3.8) is 0 Å². The highest BCUT2D eigenvalue weighted by Gasteiger charge is 2.36. The quantitative estimate of drug-likeness (QED) is 0.165. The smallest absolute Gasteiger partial charge is 0.237 e. The summed E-state index contributed by atoms with van der Waals surface area (Å²) in [5.74, 6) is 0. The van der Waals surface area contributed by atoms with Crippen LogP contribution in [0, 0.1) is 31.8 Å². The fourth-order valence-electron chi connectivity index (χ4n) is 13.8. The van der Waals surface area contributed by atoms with E-state index < -0.39 is 0 Å². The van der Waals surface area contributed by atoms with Crippen LogP contribution >= 0.6 is 11.3 Å². The fourth-order valence-corrected chi connectivity index (χ4v) is 15.1. The topological polar surface area (TPSA) is 61.0 Å². The Bertz CT molecular complexity index is 5550. The van der Waals surface area contributed by atoms with Gasteiger partial charge in [-0.05, 0) is 103 Å². The number of furan rings is 1. The first-order valence-corrected chi connectivity index (χ1v) is 28.7. The van der Waals surface area contributed by atoms with Crippen molar-refractivity contribution >= 4 is 146 Å². The molecule has 0 spiro atoms. The van der Waals surface area contributed by atoms with Crippen molar-refractivity contribution in [3.05, 3.63) is 234 Å². The minimum absolute atomic E-state index is 0.180. The van der Waals surface area contributed by atoms with Crippen molar-refractivity contribution in [3.8, 4) is 28.8 Å². The van der Waals surface area contributed by atoms with Gasteiger partial charge in [-0.15, -0.1) is 11.3 Å². The van der Waals surface area contributed by atoms with E-state index in [0.29, 0.717) is 34.0 Å². The summed E-state index contributed by atoms with van der Waals surface area (Å²) < 4.78 is 18.8. The minimum atomic E-state index is -0.180.